The van der Waals surface area contributed by atoms with Gasteiger partial charge in [0.15, 0.2) is 11.5 Å². The SMILES string of the molecule is CCCOc1ccc(CCCN)cc1OCC. The number of aryl methyl sites for hydroxylation is 1. The molecule has 0 saturated heterocycles. The number of rotatable bonds is 8. The van der Waals surface area contributed by atoms with E-state index >= 15 is 0 Å². The van der Waals surface area contributed by atoms with E-state index in [2.05, 4.69) is 19.1 Å². The second-order valence-corrected chi connectivity index (χ2v) is 3.95. The molecule has 0 atom stereocenters. The second kappa shape index (κ2) is 7.96. The molecule has 3 nitrogen and oxygen atoms in total. The predicted octanol–water partition coefficient (Wildman–Crippen LogP) is 2.77. The van der Waals surface area contributed by atoms with Crippen LogP contribution in [-0.2, 0) is 6.42 Å². The van der Waals surface area contributed by atoms with Crippen LogP contribution < -0.4 is 15.2 Å². The van der Waals surface area contributed by atoms with Gasteiger partial charge in [0.1, 0.15) is 0 Å². The molecule has 0 amide bonds. The van der Waals surface area contributed by atoms with E-state index in [1.165, 1.54) is 5.56 Å². The van der Waals surface area contributed by atoms with Gasteiger partial charge in [-0.2, -0.15) is 0 Å². The maximum atomic E-state index is 5.65. The highest BCUT2D eigenvalue weighted by Gasteiger charge is 2.06. The molecular formula is C14H23NO2. The molecule has 1 rings (SSSR count). The smallest absolute Gasteiger partial charge is 0.161 e. The van der Waals surface area contributed by atoms with E-state index in [0.29, 0.717) is 6.61 Å². The summed E-state index contributed by atoms with van der Waals surface area (Å²) in [6.07, 6.45) is 2.99. The van der Waals surface area contributed by atoms with Gasteiger partial charge in [0.05, 0.1) is 13.2 Å². The molecule has 0 aliphatic carbocycles. The Hall–Kier alpha value is -1.22. The summed E-state index contributed by atoms with van der Waals surface area (Å²) in [5, 5.41) is 0. The van der Waals surface area contributed by atoms with Crippen LogP contribution >= 0.6 is 0 Å². The van der Waals surface area contributed by atoms with E-state index in [1.807, 2.05) is 13.0 Å². The van der Waals surface area contributed by atoms with Gasteiger partial charge in [0.2, 0.25) is 0 Å². The summed E-state index contributed by atoms with van der Waals surface area (Å²) in [6.45, 7) is 6.18. The van der Waals surface area contributed by atoms with Crippen LogP contribution in [0.4, 0.5) is 0 Å². The Labute approximate surface area is 104 Å². The minimum atomic E-state index is 0.656. The molecule has 0 bridgehead atoms. The zero-order valence-electron chi connectivity index (χ0n) is 10.9. The van der Waals surface area contributed by atoms with Crippen LogP contribution in [0.15, 0.2) is 18.2 Å². The Kier molecular flexibility index (Phi) is 6.48. The van der Waals surface area contributed by atoms with Crippen LogP contribution in [0.2, 0.25) is 0 Å². The number of ether oxygens (including phenoxy) is 2. The molecule has 0 saturated carbocycles. The molecular weight excluding hydrogens is 214 g/mol. The monoisotopic (exact) mass is 237 g/mol. The van der Waals surface area contributed by atoms with E-state index in [-0.39, 0.29) is 0 Å². The number of benzene rings is 1. The predicted molar refractivity (Wildman–Crippen MR) is 70.8 cm³/mol. The summed E-state index contributed by atoms with van der Waals surface area (Å²) < 4.78 is 11.2. The summed E-state index contributed by atoms with van der Waals surface area (Å²) in [7, 11) is 0. The molecule has 0 unspecified atom stereocenters. The molecule has 1 aromatic rings. The Balaban J connectivity index is 2.75. The summed E-state index contributed by atoms with van der Waals surface area (Å²) in [5.41, 5.74) is 6.77. The lowest BCUT2D eigenvalue weighted by Crippen LogP contribution is -2.02. The van der Waals surface area contributed by atoms with Gasteiger partial charge in [-0.1, -0.05) is 13.0 Å². The van der Waals surface area contributed by atoms with Crippen molar-refractivity contribution in [2.45, 2.75) is 33.1 Å². The quantitative estimate of drug-likeness (QED) is 0.756. The normalized spacial score (nSPS) is 10.3. The first-order valence-corrected chi connectivity index (χ1v) is 6.40. The van der Waals surface area contributed by atoms with E-state index < -0.39 is 0 Å². The Morgan fingerprint density at radius 2 is 1.94 bits per heavy atom. The third-order valence-electron chi connectivity index (χ3n) is 2.44. The van der Waals surface area contributed by atoms with Crippen LogP contribution in [0, 0.1) is 0 Å². The van der Waals surface area contributed by atoms with E-state index in [4.69, 9.17) is 15.2 Å². The molecule has 0 radical (unpaired) electrons. The van der Waals surface area contributed by atoms with Crippen LogP contribution in [0.3, 0.4) is 0 Å². The maximum absolute atomic E-state index is 5.65. The minimum Gasteiger partial charge on any atom is -0.490 e. The first-order valence-electron chi connectivity index (χ1n) is 6.40. The topological polar surface area (TPSA) is 44.5 Å². The van der Waals surface area contributed by atoms with Gasteiger partial charge in [-0.15, -0.1) is 0 Å². The fourth-order valence-corrected chi connectivity index (χ4v) is 1.61. The van der Waals surface area contributed by atoms with E-state index in [9.17, 15) is 0 Å². The fraction of sp³-hybridized carbons (Fsp3) is 0.571. The highest BCUT2D eigenvalue weighted by molar-refractivity contribution is 5.43. The Morgan fingerprint density at radius 1 is 1.12 bits per heavy atom. The van der Waals surface area contributed by atoms with Crippen molar-refractivity contribution < 1.29 is 9.47 Å². The largest absolute Gasteiger partial charge is 0.490 e. The number of nitrogens with two attached hydrogens (primary N) is 1. The standard InChI is InChI=1S/C14H23NO2/c1-3-10-17-13-8-7-12(6-5-9-15)11-14(13)16-4-2/h7-8,11H,3-6,9-10,15H2,1-2H3. The first-order chi connectivity index (χ1) is 8.31. The molecule has 0 fully saturated rings. The van der Waals surface area contributed by atoms with Crippen LogP contribution in [0.25, 0.3) is 0 Å². The van der Waals surface area contributed by atoms with Crippen molar-refractivity contribution in [1.82, 2.24) is 0 Å². The zero-order chi connectivity index (χ0) is 12.5. The molecule has 17 heavy (non-hydrogen) atoms. The Bertz CT molecular complexity index is 326. The first kappa shape index (κ1) is 13.8. The summed E-state index contributed by atoms with van der Waals surface area (Å²) in [6, 6.07) is 6.14. The van der Waals surface area contributed by atoms with Crippen LogP contribution in [0.1, 0.15) is 32.3 Å². The summed E-state index contributed by atoms with van der Waals surface area (Å²) in [4.78, 5) is 0. The molecule has 0 heterocycles. The van der Waals surface area contributed by atoms with E-state index in [1.54, 1.807) is 0 Å². The lowest BCUT2D eigenvalue weighted by Gasteiger charge is -2.12. The molecule has 96 valence electrons. The molecule has 2 N–H and O–H groups in total. The van der Waals surface area contributed by atoms with E-state index in [0.717, 1.165) is 43.9 Å². The average Bonchev–Trinajstić information content (AvgIpc) is 2.35. The van der Waals surface area contributed by atoms with Crippen molar-refractivity contribution in [3.05, 3.63) is 23.8 Å². The van der Waals surface area contributed by atoms with Crippen molar-refractivity contribution in [1.29, 1.82) is 0 Å². The maximum Gasteiger partial charge on any atom is 0.161 e. The van der Waals surface area contributed by atoms with Crippen LogP contribution in [0.5, 0.6) is 11.5 Å². The minimum absolute atomic E-state index is 0.656. The molecule has 3 heteroatoms. The van der Waals surface area contributed by atoms with Gasteiger partial charge < -0.3 is 15.2 Å². The molecule has 1 aromatic carbocycles. The zero-order valence-corrected chi connectivity index (χ0v) is 10.9. The molecule has 0 aliphatic rings. The molecule has 0 aliphatic heterocycles. The van der Waals surface area contributed by atoms with Gasteiger partial charge in [-0.25, -0.2) is 0 Å². The highest BCUT2D eigenvalue weighted by atomic mass is 16.5. The fourth-order valence-electron chi connectivity index (χ4n) is 1.61. The third kappa shape index (κ3) is 4.65. The Morgan fingerprint density at radius 3 is 2.59 bits per heavy atom. The van der Waals surface area contributed by atoms with Gasteiger partial charge in [-0.3, -0.25) is 0 Å². The molecule has 0 aromatic heterocycles. The van der Waals surface area contributed by atoms with Gasteiger partial charge in [0, 0.05) is 0 Å². The van der Waals surface area contributed by atoms with Crippen LogP contribution in [-0.4, -0.2) is 19.8 Å². The van der Waals surface area contributed by atoms with Gasteiger partial charge >= 0.3 is 0 Å². The lowest BCUT2D eigenvalue weighted by molar-refractivity contribution is 0.276. The summed E-state index contributed by atoms with van der Waals surface area (Å²) in [5.74, 6) is 1.68. The molecule has 0 spiro atoms. The number of hydrogen-bond donors (Lipinski definition) is 1. The van der Waals surface area contributed by atoms with Crippen molar-refractivity contribution in [2.75, 3.05) is 19.8 Å². The van der Waals surface area contributed by atoms with Crippen molar-refractivity contribution >= 4 is 0 Å². The van der Waals surface area contributed by atoms with Crippen molar-refractivity contribution in [3.8, 4) is 11.5 Å². The highest BCUT2D eigenvalue weighted by Crippen LogP contribution is 2.29. The van der Waals surface area contributed by atoms with Crippen molar-refractivity contribution in [3.63, 3.8) is 0 Å². The average molecular weight is 237 g/mol. The number of hydrogen-bond acceptors (Lipinski definition) is 3. The van der Waals surface area contributed by atoms with Gasteiger partial charge in [0.25, 0.3) is 0 Å². The third-order valence-corrected chi connectivity index (χ3v) is 2.44. The second-order valence-electron chi connectivity index (χ2n) is 3.95. The van der Waals surface area contributed by atoms with Crippen molar-refractivity contribution in [2.24, 2.45) is 5.73 Å². The lowest BCUT2D eigenvalue weighted by atomic mass is 10.1. The summed E-state index contributed by atoms with van der Waals surface area (Å²) >= 11 is 0. The van der Waals surface area contributed by atoms with Gasteiger partial charge in [-0.05, 0) is 50.4 Å².